The normalized spacial score (nSPS) is 12.0. The lowest BCUT2D eigenvalue weighted by Gasteiger charge is -2.10. The summed E-state index contributed by atoms with van der Waals surface area (Å²) in [5.74, 6) is 1.22. The quantitative estimate of drug-likeness (QED) is 0.295. The van der Waals surface area contributed by atoms with Crippen molar-refractivity contribution in [2.75, 3.05) is 13.7 Å². The van der Waals surface area contributed by atoms with Crippen molar-refractivity contribution in [3.8, 4) is 17.4 Å². The van der Waals surface area contributed by atoms with Gasteiger partial charge in [-0.25, -0.2) is 0 Å². The Hall–Kier alpha value is -4.10. The molecule has 0 unspecified atom stereocenters. The van der Waals surface area contributed by atoms with E-state index in [2.05, 4.69) is 30.2 Å². The molecule has 0 aliphatic heterocycles. The number of halogens is 3. The molecule has 4 heterocycles. The second-order valence-corrected chi connectivity index (χ2v) is 7.71. The Balaban J connectivity index is 1.38. The van der Waals surface area contributed by atoms with E-state index in [1.165, 1.54) is 10.7 Å². The van der Waals surface area contributed by atoms with Gasteiger partial charge in [-0.2, -0.15) is 4.52 Å². The molecule has 0 aliphatic rings. The molecule has 0 aliphatic carbocycles. The minimum absolute atomic E-state index is 0.0844. The molecule has 0 radical (unpaired) electrons. The zero-order chi connectivity index (χ0) is 25.1. The van der Waals surface area contributed by atoms with Crippen molar-refractivity contribution in [1.29, 1.82) is 0 Å². The van der Waals surface area contributed by atoms with Gasteiger partial charge < -0.3 is 14.0 Å². The maximum Gasteiger partial charge on any atom is 0.522 e. The smallest absolute Gasteiger partial charge is 0.470 e. The molecule has 0 N–H and O–H groups in total. The summed E-state index contributed by atoms with van der Waals surface area (Å²) in [7, 11) is 1.55. The molecule has 13 heteroatoms. The molecule has 0 atom stereocenters. The summed E-state index contributed by atoms with van der Waals surface area (Å²) in [5.41, 5.74) is 2.15. The van der Waals surface area contributed by atoms with E-state index >= 15 is 0 Å². The number of fused-ring (bicyclic) bond motifs is 3. The summed E-state index contributed by atoms with van der Waals surface area (Å²) in [6, 6.07) is 12.5. The molecule has 5 aromatic rings. The van der Waals surface area contributed by atoms with Gasteiger partial charge in [-0.05, 0) is 24.1 Å². The molecule has 0 fully saturated rings. The van der Waals surface area contributed by atoms with Gasteiger partial charge in [-0.3, -0.25) is 9.72 Å². The number of hydrogen-bond acceptors (Lipinski definition) is 9. The summed E-state index contributed by atoms with van der Waals surface area (Å²) in [6.07, 6.45) is -3.07. The van der Waals surface area contributed by atoms with Gasteiger partial charge in [-0.15, -0.1) is 28.5 Å². The first-order chi connectivity index (χ1) is 17.4. The monoisotopic (exact) mass is 500 g/mol. The van der Waals surface area contributed by atoms with Crippen LogP contribution in [0.5, 0.6) is 5.88 Å². The average Bonchev–Trinajstić information content (AvgIpc) is 3.50. The maximum atomic E-state index is 12.1. The number of nitrogens with zero attached hydrogens (tertiary/aromatic N) is 6. The van der Waals surface area contributed by atoms with Crippen LogP contribution in [0.2, 0.25) is 0 Å². The third-order valence-corrected chi connectivity index (χ3v) is 5.20. The average molecular weight is 500 g/mol. The van der Waals surface area contributed by atoms with Crippen LogP contribution in [0.4, 0.5) is 13.2 Å². The van der Waals surface area contributed by atoms with Gasteiger partial charge in [0.15, 0.2) is 17.1 Å². The number of aromatic nitrogens is 6. The Labute approximate surface area is 201 Å². The Morgan fingerprint density at radius 2 is 1.86 bits per heavy atom. The van der Waals surface area contributed by atoms with Gasteiger partial charge in [0.2, 0.25) is 11.7 Å². The van der Waals surface area contributed by atoms with Crippen LogP contribution in [-0.4, -0.2) is 50.0 Å². The van der Waals surface area contributed by atoms with Gasteiger partial charge in [0.05, 0.1) is 12.3 Å². The standard InChI is InChI=1S/C23H19F3N6O4/c1-33-13-16-10-19(31-36-16)21-29-28-20-17-4-2-3-5-18(17)22(30-32(20)21)34-12-15-7-6-14(11-27-15)8-9-35-23(24,25)26/h2-7,10-11H,8-9,12-13H2,1H3. The first kappa shape index (κ1) is 23.6. The van der Waals surface area contributed by atoms with Gasteiger partial charge in [0, 0.05) is 30.1 Å². The van der Waals surface area contributed by atoms with Crippen molar-refractivity contribution in [2.24, 2.45) is 0 Å². The van der Waals surface area contributed by atoms with E-state index in [0.29, 0.717) is 40.1 Å². The fourth-order valence-corrected chi connectivity index (χ4v) is 3.56. The summed E-state index contributed by atoms with van der Waals surface area (Å²) < 4.78 is 58.1. The number of ether oxygens (including phenoxy) is 3. The van der Waals surface area contributed by atoms with E-state index < -0.39 is 13.0 Å². The molecule has 4 aromatic heterocycles. The highest BCUT2D eigenvalue weighted by Gasteiger charge is 2.28. The van der Waals surface area contributed by atoms with Crippen LogP contribution >= 0.6 is 0 Å². The van der Waals surface area contributed by atoms with Crippen LogP contribution in [0.3, 0.4) is 0 Å². The molecule has 10 nitrogen and oxygen atoms in total. The van der Waals surface area contributed by atoms with E-state index in [1.54, 1.807) is 25.3 Å². The van der Waals surface area contributed by atoms with E-state index in [1.807, 2.05) is 24.3 Å². The largest absolute Gasteiger partial charge is 0.522 e. The minimum atomic E-state index is -4.65. The third-order valence-electron chi connectivity index (χ3n) is 5.20. The topological polar surface area (TPSA) is 110 Å². The van der Waals surface area contributed by atoms with E-state index in [0.717, 1.165) is 10.8 Å². The first-order valence-electron chi connectivity index (χ1n) is 10.8. The van der Waals surface area contributed by atoms with Gasteiger partial charge in [-0.1, -0.05) is 29.4 Å². The minimum Gasteiger partial charge on any atom is -0.470 e. The number of methoxy groups -OCH3 is 1. The molecule has 0 spiro atoms. The highest BCUT2D eigenvalue weighted by molar-refractivity contribution is 5.96. The Kier molecular flexibility index (Phi) is 6.48. The van der Waals surface area contributed by atoms with Crippen molar-refractivity contribution in [2.45, 2.75) is 26.0 Å². The second kappa shape index (κ2) is 9.87. The molecular weight excluding hydrogens is 481 g/mol. The Morgan fingerprint density at radius 1 is 1.03 bits per heavy atom. The van der Waals surface area contributed by atoms with Crippen LogP contribution < -0.4 is 4.74 Å². The second-order valence-electron chi connectivity index (χ2n) is 7.71. The van der Waals surface area contributed by atoms with Gasteiger partial charge >= 0.3 is 6.36 Å². The van der Waals surface area contributed by atoms with Crippen molar-refractivity contribution in [3.05, 3.63) is 65.7 Å². The Morgan fingerprint density at radius 3 is 2.61 bits per heavy atom. The fraction of sp³-hybridized carbons (Fsp3) is 0.261. The van der Waals surface area contributed by atoms with E-state index in [-0.39, 0.29) is 19.6 Å². The number of hydrogen-bond donors (Lipinski definition) is 0. The molecule has 0 bridgehead atoms. The zero-order valence-electron chi connectivity index (χ0n) is 18.9. The number of pyridine rings is 1. The van der Waals surface area contributed by atoms with Crippen LogP contribution in [0.15, 0.2) is 53.2 Å². The molecule has 36 heavy (non-hydrogen) atoms. The fourth-order valence-electron chi connectivity index (χ4n) is 3.56. The Bertz CT molecular complexity index is 1480. The van der Waals surface area contributed by atoms with Crippen LogP contribution in [0.1, 0.15) is 17.0 Å². The summed E-state index contributed by atoms with van der Waals surface area (Å²) in [6.45, 7) is -0.131. The van der Waals surface area contributed by atoms with Gasteiger partial charge in [0.25, 0.3) is 0 Å². The lowest BCUT2D eigenvalue weighted by Crippen LogP contribution is -2.15. The van der Waals surface area contributed by atoms with Crippen molar-refractivity contribution < 1.29 is 31.9 Å². The van der Waals surface area contributed by atoms with E-state index in [9.17, 15) is 13.2 Å². The predicted molar refractivity (Wildman–Crippen MR) is 119 cm³/mol. The van der Waals surface area contributed by atoms with Gasteiger partial charge in [0.1, 0.15) is 13.2 Å². The molecule has 186 valence electrons. The van der Waals surface area contributed by atoms with Crippen molar-refractivity contribution in [3.63, 3.8) is 0 Å². The summed E-state index contributed by atoms with van der Waals surface area (Å²) in [5, 5.41) is 18.6. The number of rotatable bonds is 9. The molecule has 1 aromatic carbocycles. The molecule has 0 saturated carbocycles. The highest BCUT2D eigenvalue weighted by Crippen LogP contribution is 2.29. The van der Waals surface area contributed by atoms with E-state index in [4.69, 9.17) is 14.0 Å². The summed E-state index contributed by atoms with van der Waals surface area (Å²) in [4.78, 5) is 4.27. The van der Waals surface area contributed by atoms with Crippen molar-refractivity contribution in [1.82, 2.24) is 30.0 Å². The zero-order valence-corrected chi connectivity index (χ0v) is 18.9. The predicted octanol–water partition coefficient (Wildman–Crippen LogP) is 4.13. The van der Waals surface area contributed by atoms with Crippen LogP contribution in [0.25, 0.3) is 27.9 Å². The lowest BCUT2D eigenvalue weighted by molar-refractivity contribution is -0.324. The third kappa shape index (κ3) is 5.11. The molecule has 5 rings (SSSR count). The SMILES string of the molecule is COCc1cc(-c2nnc3c4ccccc4c(OCc4ccc(CCOC(F)(F)F)cn4)nn23)no1. The molecule has 0 saturated heterocycles. The van der Waals surface area contributed by atoms with Crippen molar-refractivity contribution >= 4 is 16.4 Å². The molecular formula is C23H19F3N6O4. The number of benzene rings is 1. The summed E-state index contributed by atoms with van der Waals surface area (Å²) >= 11 is 0. The van der Waals surface area contributed by atoms with Crippen LogP contribution in [-0.2, 0) is 29.1 Å². The first-order valence-corrected chi connectivity index (χ1v) is 10.8. The number of alkyl halides is 3. The highest BCUT2D eigenvalue weighted by atomic mass is 19.4. The molecule has 0 amide bonds. The maximum absolute atomic E-state index is 12.1. The van der Waals surface area contributed by atoms with Crippen LogP contribution in [0, 0.1) is 0 Å². The lowest BCUT2D eigenvalue weighted by atomic mass is 10.2.